The first-order valence-electron chi connectivity index (χ1n) is 7.77. The minimum absolute atomic E-state index is 0.197. The van der Waals surface area contributed by atoms with E-state index < -0.39 is 0 Å². The van der Waals surface area contributed by atoms with Crippen LogP contribution < -0.4 is 10.6 Å². The summed E-state index contributed by atoms with van der Waals surface area (Å²) in [6.45, 7) is 0. The van der Waals surface area contributed by atoms with Gasteiger partial charge in [0.15, 0.2) is 0 Å². The van der Waals surface area contributed by atoms with Gasteiger partial charge in [0.05, 0.1) is 0 Å². The summed E-state index contributed by atoms with van der Waals surface area (Å²) in [4.78, 5) is 16.5. The summed E-state index contributed by atoms with van der Waals surface area (Å²) in [6.07, 6.45) is 2.70. The fourth-order valence-corrected chi connectivity index (χ4v) is 2.95. The minimum atomic E-state index is -0.197. The molecule has 2 amide bonds. The molecule has 0 radical (unpaired) electrons. The molecule has 1 saturated carbocycles. The van der Waals surface area contributed by atoms with Crippen LogP contribution >= 0.6 is 0 Å². The fourth-order valence-electron chi connectivity index (χ4n) is 2.95. The van der Waals surface area contributed by atoms with E-state index in [2.05, 4.69) is 27.8 Å². The number of pyridine rings is 1. The van der Waals surface area contributed by atoms with Crippen molar-refractivity contribution in [2.75, 3.05) is 5.32 Å². The highest BCUT2D eigenvalue weighted by atomic mass is 16.2. The third-order valence-electron chi connectivity index (χ3n) is 4.24. The highest BCUT2D eigenvalue weighted by Gasteiger charge is 2.39. The number of aromatic nitrogens is 1. The maximum Gasteiger partial charge on any atom is 0.320 e. The second kappa shape index (κ2) is 5.72. The van der Waals surface area contributed by atoms with Gasteiger partial charge in [-0.15, -0.1) is 0 Å². The summed E-state index contributed by atoms with van der Waals surface area (Å²) in [5, 5.41) is 7.90. The Morgan fingerprint density at radius 3 is 2.65 bits per heavy atom. The smallest absolute Gasteiger partial charge is 0.320 e. The van der Waals surface area contributed by atoms with E-state index in [9.17, 15) is 4.79 Å². The molecule has 4 heteroatoms. The summed E-state index contributed by atoms with van der Waals surface area (Å²) in [5.74, 6) is 1.01. The average molecular weight is 303 g/mol. The van der Waals surface area contributed by atoms with E-state index in [4.69, 9.17) is 0 Å². The molecule has 1 fully saturated rings. The largest absolute Gasteiger partial charge is 0.334 e. The SMILES string of the molecule is O=C(Nc1nccc2ccccc12)N[C@@H]1C[C@H]1c1ccccc1. The number of carbonyl (C=O) groups is 1. The first-order valence-corrected chi connectivity index (χ1v) is 7.77. The van der Waals surface area contributed by atoms with E-state index in [1.165, 1.54) is 5.56 Å². The van der Waals surface area contributed by atoms with Crippen molar-refractivity contribution in [1.82, 2.24) is 10.3 Å². The molecule has 4 nitrogen and oxygen atoms in total. The molecule has 1 aliphatic carbocycles. The van der Waals surface area contributed by atoms with Crippen LogP contribution in [-0.2, 0) is 0 Å². The van der Waals surface area contributed by atoms with E-state index >= 15 is 0 Å². The van der Waals surface area contributed by atoms with Crippen LogP contribution in [0.5, 0.6) is 0 Å². The molecule has 2 atom stereocenters. The second-order valence-corrected chi connectivity index (χ2v) is 5.84. The van der Waals surface area contributed by atoms with Crippen molar-refractivity contribution in [3.63, 3.8) is 0 Å². The molecule has 0 bridgehead atoms. The number of amides is 2. The molecule has 1 heterocycles. The predicted octanol–water partition coefficient (Wildman–Crippen LogP) is 3.91. The number of hydrogen-bond acceptors (Lipinski definition) is 2. The Kier molecular flexibility index (Phi) is 3.42. The Morgan fingerprint density at radius 1 is 1.00 bits per heavy atom. The van der Waals surface area contributed by atoms with Crippen LogP contribution in [0.3, 0.4) is 0 Å². The van der Waals surface area contributed by atoms with Crippen molar-refractivity contribution in [2.45, 2.75) is 18.4 Å². The van der Waals surface area contributed by atoms with Gasteiger partial charge in [-0.05, 0) is 23.4 Å². The summed E-state index contributed by atoms with van der Waals surface area (Å²) in [6, 6.07) is 20.1. The maximum absolute atomic E-state index is 12.2. The number of nitrogens with zero attached hydrogens (tertiary/aromatic N) is 1. The number of fused-ring (bicyclic) bond motifs is 1. The molecular formula is C19H17N3O. The molecule has 4 rings (SSSR count). The number of rotatable bonds is 3. The van der Waals surface area contributed by atoms with Gasteiger partial charge >= 0.3 is 6.03 Å². The fraction of sp³-hybridized carbons (Fsp3) is 0.158. The second-order valence-electron chi connectivity index (χ2n) is 5.84. The van der Waals surface area contributed by atoms with Gasteiger partial charge in [0.2, 0.25) is 0 Å². The lowest BCUT2D eigenvalue weighted by atomic mass is 10.1. The summed E-state index contributed by atoms with van der Waals surface area (Å²) in [7, 11) is 0. The maximum atomic E-state index is 12.2. The predicted molar refractivity (Wildman–Crippen MR) is 91.5 cm³/mol. The molecule has 0 spiro atoms. The zero-order chi connectivity index (χ0) is 15.6. The molecule has 1 aliphatic rings. The Labute approximate surface area is 134 Å². The highest BCUT2D eigenvalue weighted by molar-refractivity contribution is 5.99. The van der Waals surface area contributed by atoms with Crippen LogP contribution in [-0.4, -0.2) is 17.1 Å². The average Bonchev–Trinajstić information content (AvgIpc) is 3.35. The molecule has 1 aromatic heterocycles. The van der Waals surface area contributed by atoms with Crippen molar-refractivity contribution in [2.24, 2.45) is 0 Å². The first-order chi connectivity index (χ1) is 11.3. The van der Waals surface area contributed by atoms with Crippen molar-refractivity contribution in [1.29, 1.82) is 0 Å². The zero-order valence-corrected chi connectivity index (χ0v) is 12.6. The van der Waals surface area contributed by atoms with Gasteiger partial charge in [-0.2, -0.15) is 0 Å². The number of carbonyl (C=O) groups excluding carboxylic acids is 1. The van der Waals surface area contributed by atoms with Crippen LogP contribution in [0.25, 0.3) is 10.8 Å². The number of anilines is 1. The molecule has 0 unspecified atom stereocenters. The van der Waals surface area contributed by atoms with Crippen molar-refractivity contribution in [3.05, 3.63) is 72.4 Å². The van der Waals surface area contributed by atoms with Gasteiger partial charge in [0.1, 0.15) is 5.82 Å². The Bertz CT molecular complexity index is 842. The third kappa shape index (κ3) is 2.88. The van der Waals surface area contributed by atoms with E-state index in [0.29, 0.717) is 11.7 Å². The Balaban J connectivity index is 1.43. The summed E-state index contributed by atoms with van der Waals surface area (Å²) >= 11 is 0. The van der Waals surface area contributed by atoms with Gasteiger partial charge in [0.25, 0.3) is 0 Å². The molecule has 2 aromatic carbocycles. The molecule has 114 valence electrons. The van der Waals surface area contributed by atoms with Gasteiger partial charge in [-0.3, -0.25) is 5.32 Å². The van der Waals surface area contributed by atoms with Crippen LogP contribution in [0.4, 0.5) is 10.6 Å². The van der Waals surface area contributed by atoms with Gasteiger partial charge < -0.3 is 5.32 Å². The van der Waals surface area contributed by atoms with Gasteiger partial charge in [0, 0.05) is 23.5 Å². The van der Waals surface area contributed by atoms with E-state index in [-0.39, 0.29) is 12.1 Å². The number of urea groups is 1. The Hall–Kier alpha value is -2.88. The number of hydrogen-bond donors (Lipinski definition) is 2. The molecule has 23 heavy (non-hydrogen) atoms. The van der Waals surface area contributed by atoms with Crippen LogP contribution in [0.2, 0.25) is 0 Å². The Morgan fingerprint density at radius 2 is 1.78 bits per heavy atom. The molecule has 2 N–H and O–H groups in total. The summed E-state index contributed by atoms with van der Waals surface area (Å²) in [5.41, 5.74) is 1.28. The van der Waals surface area contributed by atoms with E-state index in [0.717, 1.165) is 17.2 Å². The zero-order valence-electron chi connectivity index (χ0n) is 12.6. The van der Waals surface area contributed by atoms with Crippen molar-refractivity contribution >= 4 is 22.6 Å². The third-order valence-corrected chi connectivity index (χ3v) is 4.24. The molecule has 0 saturated heterocycles. The van der Waals surface area contributed by atoms with Crippen molar-refractivity contribution < 1.29 is 4.79 Å². The standard InChI is InChI=1S/C19H17N3O/c23-19(21-17-12-16(17)13-6-2-1-3-7-13)22-18-15-9-5-4-8-14(15)10-11-20-18/h1-11,16-17H,12H2,(H2,20,21,22,23)/t16-,17+/m0/s1. The minimum Gasteiger partial charge on any atom is -0.334 e. The van der Waals surface area contributed by atoms with Crippen LogP contribution in [0.1, 0.15) is 17.9 Å². The number of nitrogens with one attached hydrogen (secondary N) is 2. The van der Waals surface area contributed by atoms with E-state index in [1.807, 2.05) is 48.5 Å². The van der Waals surface area contributed by atoms with Gasteiger partial charge in [-0.25, -0.2) is 9.78 Å². The lowest BCUT2D eigenvalue weighted by molar-refractivity contribution is 0.251. The number of benzene rings is 2. The first kappa shape index (κ1) is 13.8. The molecular weight excluding hydrogens is 286 g/mol. The van der Waals surface area contributed by atoms with E-state index in [1.54, 1.807) is 6.20 Å². The lowest BCUT2D eigenvalue weighted by Gasteiger charge is -2.09. The normalized spacial score (nSPS) is 19.3. The molecule has 3 aromatic rings. The van der Waals surface area contributed by atoms with Crippen LogP contribution in [0, 0.1) is 0 Å². The molecule has 0 aliphatic heterocycles. The lowest BCUT2D eigenvalue weighted by Crippen LogP contribution is -2.31. The van der Waals surface area contributed by atoms with Crippen molar-refractivity contribution in [3.8, 4) is 0 Å². The summed E-state index contributed by atoms with van der Waals surface area (Å²) < 4.78 is 0. The van der Waals surface area contributed by atoms with Crippen LogP contribution in [0.15, 0.2) is 66.9 Å². The monoisotopic (exact) mass is 303 g/mol. The van der Waals surface area contributed by atoms with Gasteiger partial charge in [-0.1, -0.05) is 54.6 Å². The highest BCUT2D eigenvalue weighted by Crippen LogP contribution is 2.40. The topological polar surface area (TPSA) is 54.0 Å². The quantitative estimate of drug-likeness (QED) is 0.770.